The summed E-state index contributed by atoms with van der Waals surface area (Å²) in [7, 11) is 0. The Morgan fingerprint density at radius 3 is 2.47 bits per heavy atom. The number of nitrogens with zero attached hydrogens (tertiary/aromatic N) is 2. The number of hydrogen-bond donors (Lipinski definition) is 1. The molecule has 0 aromatic rings. The zero-order valence-corrected chi connectivity index (χ0v) is 10.7. The Hall–Kier alpha value is -1.26. The highest BCUT2D eigenvalue weighted by molar-refractivity contribution is 5.76. The maximum absolute atomic E-state index is 12.0. The van der Waals surface area contributed by atoms with Gasteiger partial charge in [-0.2, -0.15) is 0 Å². The van der Waals surface area contributed by atoms with Crippen LogP contribution in [0, 0.1) is 5.92 Å². The first-order valence-corrected chi connectivity index (χ1v) is 6.34. The van der Waals surface area contributed by atoms with Gasteiger partial charge >= 0.3 is 12.0 Å². The van der Waals surface area contributed by atoms with E-state index >= 15 is 0 Å². The summed E-state index contributed by atoms with van der Waals surface area (Å²) in [5.74, 6) is -0.637. The molecule has 1 fully saturated rings. The van der Waals surface area contributed by atoms with E-state index in [4.69, 9.17) is 5.11 Å². The number of urea groups is 1. The number of carbonyl (C=O) groups is 2. The summed E-state index contributed by atoms with van der Waals surface area (Å²) in [5, 5.41) is 8.63. The molecule has 2 amide bonds. The van der Waals surface area contributed by atoms with Crippen LogP contribution in [-0.2, 0) is 4.79 Å². The molecular formula is C12H22N2O3. The summed E-state index contributed by atoms with van der Waals surface area (Å²) in [6.45, 7) is 6.78. The number of aliphatic carboxylic acids is 1. The molecular weight excluding hydrogens is 220 g/mol. The molecule has 0 aromatic heterocycles. The number of likely N-dealkylation sites (tertiary alicyclic amines) is 1. The zero-order valence-electron chi connectivity index (χ0n) is 10.7. The van der Waals surface area contributed by atoms with E-state index in [1.807, 2.05) is 11.8 Å². The molecule has 0 aromatic carbocycles. The second-order valence-electron chi connectivity index (χ2n) is 4.58. The topological polar surface area (TPSA) is 60.9 Å². The number of hydrogen-bond acceptors (Lipinski definition) is 2. The van der Waals surface area contributed by atoms with Crippen molar-refractivity contribution in [2.45, 2.75) is 33.1 Å². The molecule has 0 aliphatic carbocycles. The Balaban J connectivity index is 2.31. The van der Waals surface area contributed by atoms with Crippen molar-refractivity contribution in [3.63, 3.8) is 0 Å². The summed E-state index contributed by atoms with van der Waals surface area (Å²) >= 11 is 0. The maximum Gasteiger partial charge on any atom is 0.320 e. The minimum Gasteiger partial charge on any atom is -0.481 e. The van der Waals surface area contributed by atoms with Crippen LogP contribution in [-0.4, -0.2) is 53.1 Å². The highest BCUT2D eigenvalue weighted by Crippen LogP contribution is 2.20. The highest BCUT2D eigenvalue weighted by Gasteiger charge is 2.33. The number of carbonyl (C=O) groups excluding carboxylic acids is 1. The van der Waals surface area contributed by atoms with Gasteiger partial charge in [0.2, 0.25) is 0 Å². The summed E-state index contributed by atoms with van der Waals surface area (Å²) in [6, 6.07) is 0.0580. The number of carboxylic acid groups (broad SMARTS) is 1. The summed E-state index contributed by atoms with van der Waals surface area (Å²) in [6.07, 6.45) is 2.27. The van der Waals surface area contributed by atoms with Crippen LogP contribution >= 0.6 is 0 Å². The van der Waals surface area contributed by atoms with Crippen LogP contribution in [0.4, 0.5) is 4.79 Å². The minimum atomic E-state index is -0.777. The van der Waals surface area contributed by atoms with Gasteiger partial charge in [0.1, 0.15) is 0 Å². The molecule has 0 unspecified atom stereocenters. The average molecular weight is 242 g/mol. The standard InChI is InChI=1S/C12H22N2O3/c1-3-5-6-13(4-2)12(17)14-8-10(9-14)7-11(15)16/h10H,3-9H2,1-2H3,(H,15,16). The Labute approximate surface area is 102 Å². The van der Waals surface area contributed by atoms with Crippen molar-refractivity contribution < 1.29 is 14.7 Å². The van der Waals surface area contributed by atoms with E-state index in [0.29, 0.717) is 13.1 Å². The van der Waals surface area contributed by atoms with Crippen LogP contribution in [0.1, 0.15) is 33.1 Å². The molecule has 5 heteroatoms. The molecule has 98 valence electrons. The van der Waals surface area contributed by atoms with Crippen molar-refractivity contribution in [2.24, 2.45) is 5.92 Å². The van der Waals surface area contributed by atoms with Gasteiger partial charge in [0.25, 0.3) is 0 Å². The van der Waals surface area contributed by atoms with Crippen LogP contribution < -0.4 is 0 Å². The third kappa shape index (κ3) is 3.91. The van der Waals surface area contributed by atoms with Crippen LogP contribution in [0.5, 0.6) is 0 Å². The Bertz CT molecular complexity index is 275. The van der Waals surface area contributed by atoms with Crippen LogP contribution in [0.2, 0.25) is 0 Å². The van der Waals surface area contributed by atoms with E-state index < -0.39 is 5.97 Å². The summed E-state index contributed by atoms with van der Waals surface area (Å²) in [4.78, 5) is 26.1. The quantitative estimate of drug-likeness (QED) is 0.770. The van der Waals surface area contributed by atoms with Gasteiger partial charge in [0.05, 0.1) is 6.42 Å². The van der Waals surface area contributed by atoms with E-state index in [9.17, 15) is 9.59 Å². The first-order chi connectivity index (χ1) is 8.08. The van der Waals surface area contributed by atoms with Crippen molar-refractivity contribution in [2.75, 3.05) is 26.2 Å². The summed E-state index contributed by atoms with van der Waals surface area (Å²) < 4.78 is 0. The SMILES string of the molecule is CCCCN(CC)C(=O)N1CC(CC(=O)O)C1. The van der Waals surface area contributed by atoms with Crippen LogP contribution in [0.3, 0.4) is 0 Å². The Morgan fingerprint density at radius 1 is 1.35 bits per heavy atom. The van der Waals surface area contributed by atoms with Gasteiger partial charge < -0.3 is 14.9 Å². The zero-order chi connectivity index (χ0) is 12.8. The molecule has 0 radical (unpaired) electrons. The van der Waals surface area contributed by atoms with Crippen LogP contribution in [0.25, 0.3) is 0 Å². The monoisotopic (exact) mass is 242 g/mol. The molecule has 17 heavy (non-hydrogen) atoms. The van der Waals surface area contributed by atoms with E-state index in [2.05, 4.69) is 6.92 Å². The van der Waals surface area contributed by atoms with Gasteiger partial charge in [0, 0.05) is 32.1 Å². The molecule has 0 atom stereocenters. The fourth-order valence-corrected chi connectivity index (χ4v) is 2.04. The van der Waals surface area contributed by atoms with Crippen molar-refractivity contribution >= 4 is 12.0 Å². The molecule has 1 heterocycles. The Morgan fingerprint density at radius 2 is 2.00 bits per heavy atom. The van der Waals surface area contributed by atoms with Gasteiger partial charge in [-0.15, -0.1) is 0 Å². The first-order valence-electron chi connectivity index (χ1n) is 6.34. The molecule has 1 aliphatic rings. The second kappa shape index (κ2) is 6.47. The van der Waals surface area contributed by atoms with E-state index in [-0.39, 0.29) is 18.4 Å². The number of rotatable bonds is 6. The second-order valence-corrected chi connectivity index (χ2v) is 4.58. The van der Waals surface area contributed by atoms with Crippen molar-refractivity contribution in [3.8, 4) is 0 Å². The fourth-order valence-electron chi connectivity index (χ4n) is 2.04. The van der Waals surface area contributed by atoms with Crippen LogP contribution in [0.15, 0.2) is 0 Å². The number of amides is 2. The molecule has 1 saturated heterocycles. The molecule has 0 bridgehead atoms. The summed E-state index contributed by atoms with van der Waals surface area (Å²) in [5.41, 5.74) is 0. The minimum absolute atomic E-state index is 0.0580. The predicted octanol–water partition coefficient (Wildman–Crippen LogP) is 1.63. The molecule has 1 aliphatic heterocycles. The van der Waals surface area contributed by atoms with E-state index in [1.165, 1.54) is 0 Å². The lowest BCUT2D eigenvalue weighted by molar-refractivity contribution is -0.139. The van der Waals surface area contributed by atoms with Gasteiger partial charge in [-0.25, -0.2) is 4.79 Å². The third-order valence-corrected chi connectivity index (χ3v) is 3.12. The predicted molar refractivity (Wildman–Crippen MR) is 64.9 cm³/mol. The molecule has 0 spiro atoms. The van der Waals surface area contributed by atoms with E-state index in [1.54, 1.807) is 4.90 Å². The van der Waals surface area contributed by atoms with Crippen molar-refractivity contribution in [1.29, 1.82) is 0 Å². The fraction of sp³-hybridized carbons (Fsp3) is 0.833. The molecule has 5 nitrogen and oxygen atoms in total. The van der Waals surface area contributed by atoms with Gasteiger partial charge in [0.15, 0.2) is 0 Å². The normalized spacial score (nSPS) is 15.5. The number of carboxylic acids is 1. The molecule has 1 N–H and O–H groups in total. The average Bonchev–Trinajstić information content (AvgIpc) is 2.23. The third-order valence-electron chi connectivity index (χ3n) is 3.12. The number of unbranched alkanes of at least 4 members (excludes halogenated alkanes) is 1. The molecule has 0 saturated carbocycles. The lowest BCUT2D eigenvalue weighted by Crippen LogP contribution is -2.55. The Kier molecular flexibility index (Phi) is 5.25. The smallest absolute Gasteiger partial charge is 0.320 e. The van der Waals surface area contributed by atoms with Crippen molar-refractivity contribution in [1.82, 2.24) is 9.80 Å². The van der Waals surface area contributed by atoms with Gasteiger partial charge in [-0.1, -0.05) is 13.3 Å². The lowest BCUT2D eigenvalue weighted by Gasteiger charge is -2.41. The van der Waals surface area contributed by atoms with E-state index in [0.717, 1.165) is 25.9 Å². The first kappa shape index (κ1) is 13.8. The van der Waals surface area contributed by atoms with Crippen molar-refractivity contribution in [3.05, 3.63) is 0 Å². The lowest BCUT2D eigenvalue weighted by atomic mass is 9.97. The van der Waals surface area contributed by atoms with Gasteiger partial charge in [-0.3, -0.25) is 4.79 Å². The maximum atomic E-state index is 12.0. The molecule has 1 rings (SSSR count). The largest absolute Gasteiger partial charge is 0.481 e. The van der Waals surface area contributed by atoms with Gasteiger partial charge in [-0.05, 0) is 13.3 Å². The highest BCUT2D eigenvalue weighted by atomic mass is 16.4.